The standard InChI is InChI=1S/C13H25N3O3S/c1-15(2)10-5-4-7-16(9-10)13(19)14-11(12(17)18)6-8-20-3/h10-11H,4-9H2,1-3H3,(H,14,19)(H,17,18)/t10?,11-/m1/s1. The third kappa shape index (κ3) is 5.20. The molecule has 0 saturated carbocycles. The second-order valence-corrected chi connectivity index (χ2v) is 6.31. The molecule has 0 aromatic heterocycles. The number of carbonyl (C=O) groups excluding carboxylic acids is 1. The normalized spacial score (nSPS) is 20.8. The van der Waals surface area contributed by atoms with Crippen LogP contribution in [0.1, 0.15) is 19.3 Å². The van der Waals surface area contributed by atoms with Crippen molar-refractivity contribution in [3.8, 4) is 0 Å². The molecule has 1 unspecified atom stereocenters. The highest BCUT2D eigenvalue weighted by Gasteiger charge is 2.27. The molecular weight excluding hydrogens is 278 g/mol. The van der Waals surface area contributed by atoms with E-state index in [0.717, 1.165) is 18.6 Å². The Morgan fingerprint density at radius 1 is 1.50 bits per heavy atom. The largest absolute Gasteiger partial charge is 0.480 e. The molecule has 116 valence electrons. The number of piperidine rings is 1. The monoisotopic (exact) mass is 303 g/mol. The Bertz CT molecular complexity index is 339. The fourth-order valence-corrected chi connectivity index (χ4v) is 2.77. The lowest BCUT2D eigenvalue weighted by molar-refractivity contribution is -0.139. The quantitative estimate of drug-likeness (QED) is 0.763. The second kappa shape index (κ2) is 8.36. The Balaban J connectivity index is 2.53. The highest BCUT2D eigenvalue weighted by molar-refractivity contribution is 7.98. The van der Waals surface area contributed by atoms with Gasteiger partial charge in [0.2, 0.25) is 0 Å². The van der Waals surface area contributed by atoms with Crippen LogP contribution in [0.5, 0.6) is 0 Å². The zero-order valence-electron chi connectivity index (χ0n) is 12.5. The van der Waals surface area contributed by atoms with E-state index in [2.05, 4.69) is 10.2 Å². The van der Waals surface area contributed by atoms with Crippen LogP contribution in [-0.2, 0) is 4.79 Å². The summed E-state index contributed by atoms with van der Waals surface area (Å²) in [6.07, 6.45) is 4.41. The van der Waals surface area contributed by atoms with Crippen molar-refractivity contribution in [2.24, 2.45) is 0 Å². The number of carboxylic acids is 1. The third-order valence-electron chi connectivity index (χ3n) is 3.62. The second-order valence-electron chi connectivity index (χ2n) is 5.33. The average molecular weight is 303 g/mol. The Hall–Kier alpha value is -0.950. The smallest absolute Gasteiger partial charge is 0.326 e. The first-order chi connectivity index (χ1) is 9.45. The molecule has 1 aliphatic rings. The minimum absolute atomic E-state index is 0.259. The first kappa shape index (κ1) is 17.1. The molecule has 2 N–H and O–H groups in total. The molecule has 2 amide bonds. The summed E-state index contributed by atoms with van der Waals surface area (Å²) in [6, 6.07) is -0.705. The van der Waals surface area contributed by atoms with Gasteiger partial charge >= 0.3 is 12.0 Å². The number of likely N-dealkylation sites (tertiary alicyclic amines) is 1. The predicted molar refractivity (Wildman–Crippen MR) is 81.2 cm³/mol. The lowest BCUT2D eigenvalue weighted by atomic mass is 10.1. The zero-order valence-corrected chi connectivity index (χ0v) is 13.3. The number of carbonyl (C=O) groups is 2. The van der Waals surface area contributed by atoms with Crippen LogP contribution in [0.4, 0.5) is 4.79 Å². The van der Waals surface area contributed by atoms with E-state index in [0.29, 0.717) is 25.6 Å². The summed E-state index contributed by atoms with van der Waals surface area (Å²) in [4.78, 5) is 27.2. The summed E-state index contributed by atoms with van der Waals surface area (Å²) in [5, 5.41) is 11.8. The highest BCUT2D eigenvalue weighted by atomic mass is 32.2. The van der Waals surface area contributed by atoms with Gasteiger partial charge in [0.05, 0.1) is 0 Å². The summed E-state index contributed by atoms with van der Waals surface area (Å²) >= 11 is 1.58. The number of hydrogen-bond acceptors (Lipinski definition) is 4. The van der Waals surface area contributed by atoms with Crippen LogP contribution in [0.25, 0.3) is 0 Å². The van der Waals surface area contributed by atoms with Gasteiger partial charge in [0.15, 0.2) is 0 Å². The third-order valence-corrected chi connectivity index (χ3v) is 4.26. The number of thioether (sulfide) groups is 1. The van der Waals surface area contributed by atoms with Gasteiger partial charge in [0.1, 0.15) is 6.04 Å². The van der Waals surface area contributed by atoms with Gasteiger partial charge in [-0.25, -0.2) is 9.59 Å². The van der Waals surface area contributed by atoms with Crippen molar-refractivity contribution in [2.45, 2.75) is 31.3 Å². The molecule has 1 heterocycles. The molecule has 0 radical (unpaired) electrons. The van der Waals surface area contributed by atoms with Crippen LogP contribution in [0.2, 0.25) is 0 Å². The summed E-state index contributed by atoms with van der Waals surface area (Å²) in [7, 11) is 4.01. The molecule has 1 aliphatic heterocycles. The summed E-state index contributed by atoms with van der Waals surface area (Å²) < 4.78 is 0. The number of urea groups is 1. The van der Waals surface area contributed by atoms with Gasteiger partial charge in [0.25, 0.3) is 0 Å². The Morgan fingerprint density at radius 3 is 2.75 bits per heavy atom. The lowest BCUT2D eigenvalue weighted by Crippen LogP contribution is -2.53. The van der Waals surface area contributed by atoms with E-state index in [4.69, 9.17) is 5.11 Å². The van der Waals surface area contributed by atoms with Gasteiger partial charge in [-0.3, -0.25) is 0 Å². The van der Waals surface area contributed by atoms with Gasteiger partial charge in [-0.2, -0.15) is 11.8 Å². The van der Waals surface area contributed by atoms with Crippen molar-refractivity contribution in [3.63, 3.8) is 0 Å². The van der Waals surface area contributed by atoms with E-state index in [1.165, 1.54) is 0 Å². The molecule has 0 spiro atoms. The van der Waals surface area contributed by atoms with Crippen LogP contribution in [0.15, 0.2) is 0 Å². The molecule has 0 aromatic rings. The topological polar surface area (TPSA) is 72.9 Å². The van der Waals surface area contributed by atoms with E-state index in [1.54, 1.807) is 16.7 Å². The molecule has 2 atom stereocenters. The number of carboxylic acid groups (broad SMARTS) is 1. The van der Waals surface area contributed by atoms with E-state index < -0.39 is 12.0 Å². The lowest BCUT2D eigenvalue weighted by Gasteiger charge is -2.36. The highest BCUT2D eigenvalue weighted by Crippen LogP contribution is 2.14. The van der Waals surface area contributed by atoms with Crippen molar-refractivity contribution >= 4 is 23.8 Å². The molecule has 1 saturated heterocycles. The van der Waals surface area contributed by atoms with E-state index in [-0.39, 0.29) is 6.03 Å². The number of hydrogen-bond donors (Lipinski definition) is 2. The minimum atomic E-state index is -0.964. The van der Waals surface area contributed by atoms with Crippen molar-refractivity contribution < 1.29 is 14.7 Å². The fourth-order valence-electron chi connectivity index (χ4n) is 2.29. The number of amides is 2. The molecule has 0 aliphatic carbocycles. The first-order valence-electron chi connectivity index (χ1n) is 6.89. The van der Waals surface area contributed by atoms with Gasteiger partial charge < -0.3 is 20.2 Å². The molecule has 6 nitrogen and oxygen atoms in total. The molecule has 7 heteroatoms. The van der Waals surface area contributed by atoms with Gasteiger partial charge in [-0.05, 0) is 45.4 Å². The van der Waals surface area contributed by atoms with Crippen molar-refractivity contribution in [2.75, 3.05) is 39.2 Å². The maximum Gasteiger partial charge on any atom is 0.326 e. The van der Waals surface area contributed by atoms with Crippen LogP contribution in [0.3, 0.4) is 0 Å². The maximum absolute atomic E-state index is 12.2. The molecule has 1 fully saturated rings. The van der Waals surface area contributed by atoms with E-state index in [9.17, 15) is 9.59 Å². The van der Waals surface area contributed by atoms with Gasteiger partial charge in [-0.1, -0.05) is 0 Å². The average Bonchev–Trinajstić information content (AvgIpc) is 2.42. The SMILES string of the molecule is CSCC[C@@H](NC(=O)N1CCCC(N(C)C)C1)C(=O)O. The molecular formula is C13H25N3O3S. The van der Waals surface area contributed by atoms with Gasteiger partial charge in [0, 0.05) is 19.1 Å². The number of nitrogens with zero attached hydrogens (tertiary/aromatic N) is 2. The zero-order chi connectivity index (χ0) is 15.1. The summed E-state index contributed by atoms with van der Waals surface area (Å²) in [6.45, 7) is 1.36. The summed E-state index contributed by atoms with van der Waals surface area (Å²) in [5.74, 6) is -0.244. The van der Waals surface area contributed by atoms with E-state index >= 15 is 0 Å². The number of nitrogens with one attached hydrogen (secondary N) is 1. The van der Waals surface area contributed by atoms with Crippen molar-refractivity contribution in [1.82, 2.24) is 15.1 Å². The Morgan fingerprint density at radius 2 is 2.20 bits per heavy atom. The molecule has 0 bridgehead atoms. The number of likely N-dealkylation sites (N-methyl/N-ethyl adjacent to an activating group) is 1. The van der Waals surface area contributed by atoms with Crippen LogP contribution < -0.4 is 5.32 Å². The molecule has 1 rings (SSSR count). The minimum Gasteiger partial charge on any atom is -0.480 e. The fraction of sp³-hybridized carbons (Fsp3) is 0.846. The number of aliphatic carboxylic acids is 1. The van der Waals surface area contributed by atoms with Crippen molar-refractivity contribution in [1.29, 1.82) is 0 Å². The number of rotatable bonds is 6. The van der Waals surface area contributed by atoms with Crippen LogP contribution in [0, 0.1) is 0 Å². The Labute approximate surface area is 124 Å². The maximum atomic E-state index is 12.2. The van der Waals surface area contributed by atoms with Crippen LogP contribution in [-0.4, -0.2) is 78.2 Å². The van der Waals surface area contributed by atoms with Crippen molar-refractivity contribution in [3.05, 3.63) is 0 Å². The predicted octanol–water partition coefficient (Wildman–Crippen LogP) is 0.928. The molecule has 20 heavy (non-hydrogen) atoms. The van der Waals surface area contributed by atoms with Crippen LogP contribution >= 0.6 is 11.8 Å². The van der Waals surface area contributed by atoms with E-state index in [1.807, 2.05) is 20.4 Å². The summed E-state index contributed by atoms with van der Waals surface area (Å²) in [5.41, 5.74) is 0. The first-order valence-corrected chi connectivity index (χ1v) is 8.28. The molecule has 0 aromatic carbocycles. The Kier molecular flexibility index (Phi) is 7.15. The van der Waals surface area contributed by atoms with Gasteiger partial charge in [-0.15, -0.1) is 0 Å².